The van der Waals surface area contributed by atoms with Crippen LogP contribution in [0.1, 0.15) is 51.8 Å². The van der Waals surface area contributed by atoms with Gasteiger partial charge in [0.15, 0.2) is 0 Å². The molecule has 3 aromatic rings. The number of carbonyl (C=O) groups is 3. The summed E-state index contributed by atoms with van der Waals surface area (Å²) >= 11 is 1.43. The van der Waals surface area contributed by atoms with Gasteiger partial charge in [-0.3, -0.25) is 19.0 Å². The highest BCUT2D eigenvalue weighted by Crippen LogP contribution is 2.39. The molecular weight excluding hydrogens is 386 g/mol. The fourth-order valence-electron chi connectivity index (χ4n) is 3.93. The topological polar surface area (TPSA) is 94.2 Å². The van der Waals surface area contributed by atoms with E-state index in [1.807, 2.05) is 30.3 Å². The molecule has 0 spiro atoms. The van der Waals surface area contributed by atoms with Crippen LogP contribution < -0.4 is 11.1 Å². The molecule has 0 saturated carbocycles. The average Bonchev–Trinajstić information content (AvgIpc) is 3.26. The second-order valence-electron chi connectivity index (χ2n) is 7.61. The summed E-state index contributed by atoms with van der Waals surface area (Å²) in [5.74, 6) is -0.388. The van der Waals surface area contributed by atoms with Crippen molar-refractivity contribution in [1.29, 1.82) is 0 Å². The first-order chi connectivity index (χ1) is 13.9. The van der Waals surface area contributed by atoms with Crippen LogP contribution in [0.2, 0.25) is 0 Å². The van der Waals surface area contributed by atoms with E-state index in [-0.39, 0.29) is 24.7 Å². The lowest BCUT2D eigenvalue weighted by Gasteiger charge is -2.18. The van der Waals surface area contributed by atoms with Gasteiger partial charge >= 0.3 is 0 Å². The Balaban J connectivity index is 1.45. The number of nitrogens with one attached hydrogen (secondary N) is 1. The molecule has 1 atom stereocenters. The molecule has 1 aliphatic carbocycles. The number of aromatic nitrogens is 1. The molecule has 4 rings (SSSR count). The summed E-state index contributed by atoms with van der Waals surface area (Å²) in [5, 5.41) is 4.31. The summed E-state index contributed by atoms with van der Waals surface area (Å²) < 4.78 is 1.57. The lowest BCUT2D eigenvalue weighted by Crippen LogP contribution is -2.20. The van der Waals surface area contributed by atoms with E-state index in [1.54, 1.807) is 10.8 Å². The van der Waals surface area contributed by atoms with Crippen LogP contribution in [-0.2, 0) is 17.6 Å². The maximum Gasteiger partial charge on any atom is 0.251 e. The molecule has 7 heteroatoms. The van der Waals surface area contributed by atoms with Crippen molar-refractivity contribution in [2.45, 2.75) is 39.0 Å². The number of benzene rings is 1. The zero-order valence-corrected chi connectivity index (χ0v) is 17.1. The van der Waals surface area contributed by atoms with Crippen LogP contribution in [-0.4, -0.2) is 22.3 Å². The average molecular weight is 410 g/mol. The van der Waals surface area contributed by atoms with Crippen LogP contribution in [0.15, 0.2) is 36.5 Å². The van der Waals surface area contributed by atoms with Crippen molar-refractivity contribution in [3.8, 4) is 0 Å². The minimum atomic E-state index is -0.512. The predicted octanol–water partition coefficient (Wildman–Crippen LogP) is 3.99. The number of anilines is 1. The molecule has 1 aliphatic rings. The standard InChI is InChI=1S/C22H23N3O3S/c1-13-6-7-15-17(12-13)29-22(20(15)21(23)28)24-18(26)8-9-19(27)25-11-10-14-4-2-3-5-16(14)25/h2-5,10-11,13H,6-9,12H2,1H3,(H2,23,28)(H,24,26). The first kappa shape index (κ1) is 19.4. The third kappa shape index (κ3) is 3.82. The van der Waals surface area contributed by atoms with E-state index in [0.29, 0.717) is 16.5 Å². The summed E-state index contributed by atoms with van der Waals surface area (Å²) in [6, 6.07) is 9.50. The van der Waals surface area contributed by atoms with Gasteiger partial charge in [0.2, 0.25) is 11.8 Å². The van der Waals surface area contributed by atoms with Crippen LogP contribution in [0.25, 0.3) is 10.9 Å². The molecule has 0 saturated heterocycles. The van der Waals surface area contributed by atoms with Gasteiger partial charge in [0.25, 0.3) is 5.91 Å². The Morgan fingerprint density at radius 3 is 2.79 bits per heavy atom. The van der Waals surface area contributed by atoms with Crippen molar-refractivity contribution in [2.75, 3.05) is 5.32 Å². The number of para-hydroxylation sites is 1. The van der Waals surface area contributed by atoms with Crippen molar-refractivity contribution < 1.29 is 14.4 Å². The number of hydrogen-bond donors (Lipinski definition) is 2. The summed E-state index contributed by atoms with van der Waals surface area (Å²) in [6.45, 7) is 2.18. The number of carbonyl (C=O) groups excluding carboxylic acids is 3. The first-order valence-corrected chi connectivity index (χ1v) is 10.6. The summed E-state index contributed by atoms with van der Waals surface area (Å²) in [4.78, 5) is 38.2. The smallest absolute Gasteiger partial charge is 0.251 e. The number of nitrogens with two attached hydrogens (primary N) is 1. The molecular formula is C22H23N3O3S. The second kappa shape index (κ2) is 7.83. The summed E-state index contributed by atoms with van der Waals surface area (Å²) in [7, 11) is 0. The molecule has 1 aromatic carbocycles. The number of hydrogen-bond acceptors (Lipinski definition) is 4. The van der Waals surface area contributed by atoms with Crippen molar-refractivity contribution >= 4 is 45.0 Å². The lowest BCUT2D eigenvalue weighted by atomic mass is 9.88. The van der Waals surface area contributed by atoms with Crippen molar-refractivity contribution in [3.05, 3.63) is 52.5 Å². The molecule has 150 valence electrons. The van der Waals surface area contributed by atoms with Gasteiger partial charge < -0.3 is 11.1 Å². The Morgan fingerprint density at radius 2 is 2.00 bits per heavy atom. The number of fused-ring (bicyclic) bond motifs is 2. The monoisotopic (exact) mass is 409 g/mol. The highest BCUT2D eigenvalue weighted by atomic mass is 32.1. The highest BCUT2D eigenvalue weighted by molar-refractivity contribution is 7.17. The Kier molecular flexibility index (Phi) is 5.24. The number of amides is 2. The van der Waals surface area contributed by atoms with E-state index in [1.165, 1.54) is 11.3 Å². The van der Waals surface area contributed by atoms with E-state index >= 15 is 0 Å². The van der Waals surface area contributed by atoms with E-state index in [4.69, 9.17) is 5.73 Å². The number of nitrogens with zero attached hydrogens (tertiary/aromatic N) is 1. The third-order valence-electron chi connectivity index (χ3n) is 5.45. The van der Waals surface area contributed by atoms with Gasteiger partial charge in [-0.25, -0.2) is 0 Å². The van der Waals surface area contributed by atoms with Gasteiger partial charge in [-0.15, -0.1) is 11.3 Å². The molecule has 6 nitrogen and oxygen atoms in total. The van der Waals surface area contributed by atoms with Crippen molar-refractivity contribution in [2.24, 2.45) is 11.7 Å². The van der Waals surface area contributed by atoms with Crippen LogP contribution in [0, 0.1) is 5.92 Å². The Hall–Kier alpha value is -2.93. The number of primary amides is 1. The second-order valence-corrected chi connectivity index (χ2v) is 8.71. The molecule has 0 radical (unpaired) electrons. The normalized spacial score (nSPS) is 15.8. The summed E-state index contributed by atoms with van der Waals surface area (Å²) in [6.07, 6.45) is 4.57. The first-order valence-electron chi connectivity index (χ1n) is 9.77. The van der Waals surface area contributed by atoms with Crippen molar-refractivity contribution in [3.63, 3.8) is 0 Å². The van der Waals surface area contributed by atoms with Gasteiger partial charge in [-0.2, -0.15) is 0 Å². The van der Waals surface area contributed by atoms with Gasteiger partial charge in [0.05, 0.1) is 11.1 Å². The van der Waals surface area contributed by atoms with Crippen LogP contribution in [0.3, 0.4) is 0 Å². The van der Waals surface area contributed by atoms with E-state index < -0.39 is 5.91 Å². The SMILES string of the molecule is CC1CCc2c(sc(NC(=O)CCC(=O)n3ccc4ccccc43)c2C(N)=O)C1. The Morgan fingerprint density at radius 1 is 1.21 bits per heavy atom. The van der Waals surface area contributed by atoms with Crippen LogP contribution in [0.4, 0.5) is 5.00 Å². The molecule has 2 heterocycles. The maximum absolute atomic E-state index is 12.6. The predicted molar refractivity (Wildman–Crippen MR) is 114 cm³/mol. The molecule has 2 amide bonds. The maximum atomic E-state index is 12.6. The Bertz CT molecular complexity index is 1110. The van der Waals surface area contributed by atoms with Gasteiger partial charge in [0, 0.05) is 29.3 Å². The zero-order chi connectivity index (χ0) is 20.5. The molecule has 1 unspecified atom stereocenters. The molecule has 29 heavy (non-hydrogen) atoms. The van der Waals surface area contributed by atoms with Crippen LogP contribution in [0.5, 0.6) is 0 Å². The fraction of sp³-hybridized carbons (Fsp3) is 0.318. The number of rotatable bonds is 5. The molecule has 0 bridgehead atoms. The minimum absolute atomic E-state index is 0.0442. The molecule has 0 aliphatic heterocycles. The quantitative estimate of drug-likeness (QED) is 0.667. The van der Waals surface area contributed by atoms with Crippen LogP contribution >= 0.6 is 11.3 Å². The minimum Gasteiger partial charge on any atom is -0.365 e. The van der Waals surface area contributed by atoms with Gasteiger partial charge in [-0.05, 0) is 42.9 Å². The van der Waals surface area contributed by atoms with E-state index in [0.717, 1.165) is 40.6 Å². The largest absolute Gasteiger partial charge is 0.365 e. The lowest BCUT2D eigenvalue weighted by molar-refractivity contribution is -0.116. The Labute approximate surface area is 172 Å². The highest BCUT2D eigenvalue weighted by Gasteiger charge is 2.27. The third-order valence-corrected chi connectivity index (χ3v) is 6.61. The molecule has 0 fully saturated rings. The van der Waals surface area contributed by atoms with Gasteiger partial charge in [0.1, 0.15) is 5.00 Å². The molecule has 2 aromatic heterocycles. The zero-order valence-electron chi connectivity index (χ0n) is 16.2. The van der Waals surface area contributed by atoms with E-state index in [2.05, 4.69) is 12.2 Å². The van der Waals surface area contributed by atoms with Gasteiger partial charge in [-0.1, -0.05) is 25.1 Å². The molecule has 3 N–H and O–H groups in total. The summed E-state index contributed by atoms with van der Waals surface area (Å²) in [5.41, 5.74) is 7.83. The number of thiophene rings is 1. The van der Waals surface area contributed by atoms with E-state index in [9.17, 15) is 14.4 Å². The van der Waals surface area contributed by atoms with Crippen molar-refractivity contribution in [1.82, 2.24) is 4.57 Å². The fourth-order valence-corrected chi connectivity index (χ4v) is 5.36.